The Bertz CT molecular complexity index is 528. The lowest BCUT2D eigenvalue weighted by Gasteiger charge is -2.35. The van der Waals surface area contributed by atoms with Gasteiger partial charge in [-0.2, -0.15) is 0 Å². The van der Waals surface area contributed by atoms with Crippen LogP contribution >= 0.6 is 12.4 Å². The maximum Gasteiger partial charge on any atom is 0.242 e. The van der Waals surface area contributed by atoms with E-state index in [9.17, 15) is 9.90 Å². The van der Waals surface area contributed by atoms with Crippen molar-refractivity contribution in [3.05, 3.63) is 35.9 Å². The van der Waals surface area contributed by atoms with E-state index in [1.54, 1.807) is 0 Å². The Morgan fingerprint density at radius 3 is 2.88 bits per heavy atom. The number of carbonyl (C=O) groups excluding carboxylic acids is 1. The molecule has 1 aromatic carbocycles. The first kappa shape index (κ1) is 19.2. The number of aliphatic hydroxyl groups excluding tert-OH is 1. The maximum absolute atomic E-state index is 12.8. The summed E-state index contributed by atoms with van der Waals surface area (Å²) >= 11 is 0. The molecule has 2 N–H and O–H groups in total. The fourth-order valence-electron chi connectivity index (χ4n) is 3.63. The number of rotatable bonds is 4. The fraction of sp³-hybridized carbons (Fsp3) is 0.611. The van der Waals surface area contributed by atoms with E-state index in [0.717, 1.165) is 24.9 Å². The normalized spacial score (nSPS) is 28.2. The van der Waals surface area contributed by atoms with Crippen LogP contribution in [0.5, 0.6) is 0 Å². The Balaban J connectivity index is 0.00000208. The zero-order valence-electron chi connectivity index (χ0n) is 14.1. The van der Waals surface area contributed by atoms with Crippen molar-refractivity contribution in [2.75, 3.05) is 19.7 Å². The number of nitrogens with one attached hydrogen (secondary N) is 1. The van der Waals surface area contributed by atoms with E-state index in [4.69, 9.17) is 4.74 Å². The summed E-state index contributed by atoms with van der Waals surface area (Å²) in [6.45, 7) is 4.08. The van der Waals surface area contributed by atoms with Gasteiger partial charge in [-0.3, -0.25) is 4.79 Å². The van der Waals surface area contributed by atoms with Crippen molar-refractivity contribution in [1.29, 1.82) is 0 Å². The van der Waals surface area contributed by atoms with Crippen LogP contribution in [-0.4, -0.2) is 53.8 Å². The molecule has 6 heteroatoms. The maximum atomic E-state index is 12.8. The second-order valence-corrected chi connectivity index (χ2v) is 6.50. The summed E-state index contributed by atoms with van der Waals surface area (Å²) in [4.78, 5) is 14.8. The molecule has 2 saturated heterocycles. The molecule has 0 saturated carbocycles. The Kier molecular flexibility index (Phi) is 7.04. The predicted molar refractivity (Wildman–Crippen MR) is 95.2 cm³/mol. The third kappa shape index (κ3) is 4.28. The van der Waals surface area contributed by atoms with E-state index in [1.807, 2.05) is 42.2 Å². The van der Waals surface area contributed by atoms with Gasteiger partial charge in [-0.1, -0.05) is 30.3 Å². The van der Waals surface area contributed by atoms with Crippen LogP contribution in [0.3, 0.4) is 0 Å². The first-order valence-electron chi connectivity index (χ1n) is 8.55. The summed E-state index contributed by atoms with van der Waals surface area (Å²) < 4.78 is 5.60. The summed E-state index contributed by atoms with van der Waals surface area (Å²) in [6.07, 6.45) is 1.92. The number of carbonyl (C=O) groups is 1. The van der Waals surface area contributed by atoms with Crippen molar-refractivity contribution in [3.63, 3.8) is 0 Å². The van der Waals surface area contributed by atoms with Gasteiger partial charge in [0.15, 0.2) is 0 Å². The van der Waals surface area contributed by atoms with Gasteiger partial charge >= 0.3 is 0 Å². The molecule has 3 rings (SSSR count). The molecular formula is C18H27ClN2O3. The summed E-state index contributed by atoms with van der Waals surface area (Å²) in [5.41, 5.74) is 0.916. The van der Waals surface area contributed by atoms with Gasteiger partial charge in [0.1, 0.15) is 6.04 Å². The molecule has 0 spiro atoms. The van der Waals surface area contributed by atoms with Gasteiger partial charge < -0.3 is 20.1 Å². The second-order valence-electron chi connectivity index (χ2n) is 6.50. The van der Waals surface area contributed by atoms with E-state index in [0.29, 0.717) is 19.6 Å². The first-order valence-corrected chi connectivity index (χ1v) is 8.55. The number of hydrogen-bond acceptors (Lipinski definition) is 4. The lowest BCUT2D eigenvalue weighted by atomic mass is 10.00. The van der Waals surface area contributed by atoms with Gasteiger partial charge in [-0.15, -0.1) is 12.4 Å². The number of ether oxygens (including phenoxy) is 1. The molecule has 0 radical (unpaired) electrons. The minimum atomic E-state index is -0.525. The highest BCUT2D eigenvalue weighted by atomic mass is 35.5. The van der Waals surface area contributed by atoms with Crippen molar-refractivity contribution in [2.24, 2.45) is 0 Å². The Morgan fingerprint density at radius 2 is 2.17 bits per heavy atom. The van der Waals surface area contributed by atoms with E-state index < -0.39 is 6.10 Å². The van der Waals surface area contributed by atoms with Crippen LogP contribution in [0.4, 0.5) is 0 Å². The highest BCUT2D eigenvalue weighted by molar-refractivity contribution is 5.85. The zero-order valence-corrected chi connectivity index (χ0v) is 14.9. The molecule has 0 aliphatic carbocycles. The molecule has 2 unspecified atom stereocenters. The molecule has 24 heavy (non-hydrogen) atoms. The van der Waals surface area contributed by atoms with Gasteiger partial charge in [0, 0.05) is 19.1 Å². The highest BCUT2D eigenvalue weighted by Crippen LogP contribution is 2.28. The first-order chi connectivity index (χ1) is 11.2. The molecule has 0 bridgehead atoms. The molecule has 5 nitrogen and oxygen atoms in total. The molecule has 1 amide bonds. The number of halogens is 1. The standard InChI is InChI=1S/C18H26N2O3.ClH/c1-13-17(19-9-11-23-13)18(22)20-10-5-8-15(20)12-16(21)14-6-3-2-4-7-14;/h2-4,6-7,13,15-17,19,21H,5,8-12H2,1H3;1H/t13-,15?,16?,17+;/m1./s1. The van der Waals surface area contributed by atoms with Crippen LogP contribution in [0.25, 0.3) is 0 Å². The van der Waals surface area contributed by atoms with Gasteiger partial charge in [0.25, 0.3) is 0 Å². The largest absolute Gasteiger partial charge is 0.388 e. The summed E-state index contributed by atoms with van der Waals surface area (Å²) in [7, 11) is 0. The van der Waals surface area contributed by atoms with Crippen LogP contribution in [0.15, 0.2) is 30.3 Å². The van der Waals surface area contributed by atoms with Crippen LogP contribution in [0.1, 0.15) is 37.9 Å². The van der Waals surface area contributed by atoms with E-state index in [-0.39, 0.29) is 36.5 Å². The Labute approximate surface area is 149 Å². The third-order valence-electron chi connectivity index (χ3n) is 4.92. The Morgan fingerprint density at radius 1 is 1.42 bits per heavy atom. The third-order valence-corrected chi connectivity index (χ3v) is 4.92. The number of likely N-dealkylation sites (tertiary alicyclic amines) is 1. The van der Waals surface area contributed by atoms with Crippen LogP contribution in [0, 0.1) is 0 Å². The summed E-state index contributed by atoms with van der Waals surface area (Å²) in [6, 6.07) is 9.51. The second kappa shape index (κ2) is 8.81. The summed E-state index contributed by atoms with van der Waals surface area (Å²) in [5, 5.41) is 13.7. The van der Waals surface area contributed by atoms with E-state index >= 15 is 0 Å². The van der Waals surface area contributed by atoms with Gasteiger partial charge in [0.05, 0.1) is 18.8 Å². The number of aliphatic hydroxyl groups is 1. The highest BCUT2D eigenvalue weighted by Gasteiger charge is 2.37. The average molecular weight is 355 g/mol. The molecule has 2 aliphatic heterocycles. The Hall–Kier alpha value is -1.14. The van der Waals surface area contributed by atoms with E-state index in [1.165, 1.54) is 0 Å². The predicted octanol–water partition coefficient (Wildman–Crippen LogP) is 1.90. The van der Waals surface area contributed by atoms with Gasteiger partial charge in [0.2, 0.25) is 5.91 Å². The zero-order chi connectivity index (χ0) is 16.2. The number of benzene rings is 1. The number of hydrogen-bond donors (Lipinski definition) is 2. The molecule has 2 aliphatic rings. The molecule has 0 aromatic heterocycles. The van der Waals surface area contributed by atoms with Crippen LogP contribution in [0.2, 0.25) is 0 Å². The average Bonchev–Trinajstić information content (AvgIpc) is 3.03. The van der Waals surface area contributed by atoms with Crippen molar-refractivity contribution in [2.45, 2.75) is 50.5 Å². The smallest absolute Gasteiger partial charge is 0.242 e. The van der Waals surface area contributed by atoms with Gasteiger partial charge in [-0.25, -0.2) is 0 Å². The molecule has 2 heterocycles. The van der Waals surface area contributed by atoms with Crippen LogP contribution in [-0.2, 0) is 9.53 Å². The fourth-order valence-corrected chi connectivity index (χ4v) is 3.63. The number of morpholine rings is 1. The van der Waals surface area contributed by atoms with E-state index in [2.05, 4.69) is 5.32 Å². The molecule has 1 aromatic rings. The lowest BCUT2D eigenvalue weighted by molar-refractivity contribution is -0.140. The van der Waals surface area contributed by atoms with Crippen molar-refractivity contribution >= 4 is 18.3 Å². The van der Waals surface area contributed by atoms with Crippen molar-refractivity contribution < 1.29 is 14.6 Å². The minimum Gasteiger partial charge on any atom is -0.388 e. The molecular weight excluding hydrogens is 328 g/mol. The SMILES string of the molecule is C[C@H]1OCCN[C@@H]1C(=O)N1CCCC1CC(O)c1ccccc1.Cl. The number of nitrogens with zero attached hydrogens (tertiary/aromatic N) is 1. The minimum absolute atomic E-state index is 0. The topological polar surface area (TPSA) is 61.8 Å². The summed E-state index contributed by atoms with van der Waals surface area (Å²) in [5.74, 6) is 0.111. The monoisotopic (exact) mass is 354 g/mol. The van der Waals surface area contributed by atoms with Crippen LogP contribution < -0.4 is 5.32 Å². The van der Waals surface area contributed by atoms with Gasteiger partial charge in [-0.05, 0) is 31.7 Å². The molecule has 134 valence electrons. The molecule has 4 atom stereocenters. The van der Waals surface area contributed by atoms with Crippen molar-refractivity contribution in [1.82, 2.24) is 10.2 Å². The molecule has 2 fully saturated rings. The number of amides is 1. The quantitative estimate of drug-likeness (QED) is 0.867. The lowest BCUT2D eigenvalue weighted by Crippen LogP contribution is -2.57. The van der Waals surface area contributed by atoms with Crippen molar-refractivity contribution in [3.8, 4) is 0 Å².